The van der Waals surface area contributed by atoms with Gasteiger partial charge < -0.3 is 5.73 Å². The molecule has 24 heavy (non-hydrogen) atoms. The second kappa shape index (κ2) is 6.01. The van der Waals surface area contributed by atoms with Crippen LogP contribution in [0.5, 0.6) is 0 Å². The third kappa shape index (κ3) is 3.11. The van der Waals surface area contributed by atoms with Crippen LogP contribution in [0, 0.1) is 6.92 Å². The topological polar surface area (TPSA) is 84.9 Å². The first-order valence-corrected chi connectivity index (χ1v) is 8.49. The molecule has 0 fully saturated rings. The van der Waals surface area contributed by atoms with Gasteiger partial charge in [-0.15, -0.1) is 9.00 Å². The van der Waals surface area contributed by atoms with Gasteiger partial charge >= 0.3 is 10.2 Å². The van der Waals surface area contributed by atoms with Gasteiger partial charge in [-0.05, 0) is 36.8 Å². The van der Waals surface area contributed by atoms with Gasteiger partial charge in [-0.25, -0.2) is 0 Å². The molecule has 0 unspecified atom stereocenters. The minimum Gasteiger partial charge on any atom is -0.398 e. The molecule has 0 spiro atoms. The third-order valence-corrected chi connectivity index (χ3v) is 4.48. The molecule has 3 aromatic carbocycles. The minimum atomic E-state index is -4.78. The summed E-state index contributed by atoms with van der Waals surface area (Å²) in [6.45, 7) is 1.74. The Kier molecular flexibility index (Phi) is 4.02. The Morgan fingerprint density at radius 3 is 2.29 bits per heavy atom. The van der Waals surface area contributed by atoms with E-state index in [1.54, 1.807) is 19.1 Å². The maximum atomic E-state index is 13.1. The molecule has 2 N–H and O–H groups in total. The first-order chi connectivity index (χ1) is 11.4. The van der Waals surface area contributed by atoms with Crippen molar-refractivity contribution in [2.75, 3.05) is 5.73 Å². The van der Waals surface area contributed by atoms with Crippen LogP contribution in [-0.2, 0) is 10.2 Å². The predicted octanol–water partition coefficient (Wildman–Crippen LogP) is 4.80. The Hall–Kier alpha value is -2.80. The van der Waals surface area contributed by atoms with Crippen molar-refractivity contribution in [3.05, 3.63) is 60.2 Å². The van der Waals surface area contributed by atoms with Crippen LogP contribution in [0.4, 0.5) is 20.9 Å². The Bertz CT molecular complexity index is 1060. The first-order valence-electron chi connectivity index (χ1n) is 7.10. The van der Waals surface area contributed by atoms with E-state index in [-0.39, 0.29) is 5.69 Å². The largest absolute Gasteiger partial charge is 0.398 e. The van der Waals surface area contributed by atoms with E-state index >= 15 is 0 Å². The van der Waals surface area contributed by atoms with Crippen LogP contribution in [0.1, 0.15) is 5.56 Å². The zero-order valence-corrected chi connectivity index (χ0v) is 13.6. The number of anilines is 1. The fourth-order valence-corrected chi connectivity index (χ4v) is 2.83. The number of hydrogen-bond acceptors (Lipinski definition) is 5. The highest BCUT2D eigenvalue weighted by atomic mass is 32.3. The molecule has 122 valence electrons. The molecule has 5 nitrogen and oxygen atoms in total. The van der Waals surface area contributed by atoms with Crippen LogP contribution in [0.25, 0.3) is 10.8 Å². The highest BCUT2D eigenvalue weighted by Gasteiger charge is 2.13. The second-order valence-corrected chi connectivity index (χ2v) is 6.65. The summed E-state index contributed by atoms with van der Waals surface area (Å²) in [5.41, 5.74) is 8.14. The number of benzene rings is 3. The van der Waals surface area contributed by atoms with Gasteiger partial charge in [0.05, 0.1) is 11.4 Å². The van der Waals surface area contributed by atoms with Crippen molar-refractivity contribution < 1.29 is 12.3 Å². The zero-order chi connectivity index (χ0) is 17.3. The number of nitrogens with two attached hydrogens (primary N) is 1. The van der Waals surface area contributed by atoms with Gasteiger partial charge in [0.1, 0.15) is 4.90 Å². The first kappa shape index (κ1) is 16.1. The Labute approximate surface area is 138 Å². The molecule has 0 amide bonds. The number of azo groups is 1. The summed E-state index contributed by atoms with van der Waals surface area (Å²) in [6, 6.07) is 14.8. The van der Waals surface area contributed by atoms with Crippen molar-refractivity contribution in [3.8, 4) is 0 Å². The van der Waals surface area contributed by atoms with E-state index in [0.717, 1.165) is 16.8 Å². The molecule has 0 saturated heterocycles. The molecular weight excluding hydrogens is 329 g/mol. The molecule has 7 heteroatoms. The molecule has 0 saturated carbocycles. The van der Waals surface area contributed by atoms with Gasteiger partial charge in [-0.1, -0.05) is 30.3 Å². The number of nitrogens with zero attached hydrogens (tertiary/aromatic N) is 2. The molecule has 3 aromatic rings. The maximum Gasteiger partial charge on any atom is 0.332 e. The predicted molar refractivity (Wildman–Crippen MR) is 92.0 cm³/mol. The minimum absolute atomic E-state index is 0.287. The lowest BCUT2D eigenvalue weighted by molar-refractivity contribution is 0.552. The lowest BCUT2D eigenvalue weighted by atomic mass is 10.1. The highest BCUT2D eigenvalue weighted by Crippen LogP contribution is 2.32. The van der Waals surface area contributed by atoms with Crippen LogP contribution in [0.2, 0.25) is 0 Å². The van der Waals surface area contributed by atoms with Crippen molar-refractivity contribution in [1.29, 1.82) is 0 Å². The van der Waals surface area contributed by atoms with Crippen molar-refractivity contribution in [2.24, 2.45) is 10.2 Å². The third-order valence-electron chi connectivity index (χ3n) is 3.66. The maximum absolute atomic E-state index is 13.1. The van der Waals surface area contributed by atoms with E-state index in [1.165, 1.54) is 12.1 Å². The van der Waals surface area contributed by atoms with E-state index in [0.29, 0.717) is 16.9 Å². The Balaban J connectivity index is 2.08. The summed E-state index contributed by atoms with van der Waals surface area (Å²) < 4.78 is 35.2. The SMILES string of the molecule is Cc1ccc(S(=O)(=O)F)cc1/N=N/c1ccc(N)c2ccccc12. The molecule has 0 aliphatic rings. The zero-order valence-electron chi connectivity index (χ0n) is 12.8. The highest BCUT2D eigenvalue weighted by molar-refractivity contribution is 7.86. The van der Waals surface area contributed by atoms with E-state index in [9.17, 15) is 12.3 Å². The fraction of sp³-hybridized carbons (Fsp3) is 0.0588. The van der Waals surface area contributed by atoms with Gasteiger partial charge in [0.15, 0.2) is 0 Å². The van der Waals surface area contributed by atoms with Crippen molar-refractivity contribution in [2.45, 2.75) is 11.8 Å². The van der Waals surface area contributed by atoms with Gasteiger partial charge in [0.2, 0.25) is 0 Å². The number of aryl methyl sites for hydroxylation is 1. The summed E-state index contributed by atoms with van der Waals surface area (Å²) in [4.78, 5) is -0.441. The van der Waals surface area contributed by atoms with E-state index in [4.69, 9.17) is 5.73 Å². The van der Waals surface area contributed by atoms with Crippen LogP contribution in [-0.4, -0.2) is 8.42 Å². The molecular formula is C17H14FN3O2S. The summed E-state index contributed by atoms with van der Waals surface area (Å²) in [5, 5.41) is 9.94. The van der Waals surface area contributed by atoms with Crippen molar-refractivity contribution >= 4 is 38.1 Å². The van der Waals surface area contributed by atoms with Crippen LogP contribution >= 0.6 is 0 Å². The molecule has 0 aromatic heterocycles. The van der Waals surface area contributed by atoms with Gasteiger partial charge in [0.25, 0.3) is 0 Å². The van der Waals surface area contributed by atoms with E-state index < -0.39 is 15.1 Å². The molecule has 0 aliphatic heterocycles. The van der Waals surface area contributed by atoms with Gasteiger partial charge in [-0.3, -0.25) is 0 Å². The monoisotopic (exact) mass is 343 g/mol. The standard InChI is InChI=1S/C17H14FN3O2S/c1-11-6-7-12(24(18,22)23)10-17(11)21-20-16-9-8-15(19)13-4-2-3-5-14(13)16/h2-10H,19H2,1H3/b21-20+. The number of nitrogen functional groups attached to an aromatic ring is 1. The number of rotatable bonds is 3. The average molecular weight is 343 g/mol. The lowest BCUT2D eigenvalue weighted by Gasteiger charge is -2.05. The molecule has 3 rings (SSSR count). The van der Waals surface area contributed by atoms with Crippen molar-refractivity contribution in [3.63, 3.8) is 0 Å². The van der Waals surface area contributed by atoms with Crippen LogP contribution in [0.3, 0.4) is 0 Å². The second-order valence-electron chi connectivity index (χ2n) is 5.31. The van der Waals surface area contributed by atoms with E-state index in [2.05, 4.69) is 10.2 Å². The molecule has 0 radical (unpaired) electrons. The van der Waals surface area contributed by atoms with Crippen LogP contribution in [0.15, 0.2) is 69.7 Å². The Morgan fingerprint density at radius 1 is 0.917 bits per heavy atom. The average Bonchev–Trinajstić information content (AvgIpc) is 2.55. The quantitative estimate of drug-likeness (QED) is 0.421. The number of halogens is 1. The van der Waals surface area contributed by atoms with Crippen molar-refractivity contribution in [1.82, 2.24) is 0 Å². The smallest absolute Gasteiger partial charge is 0.332 e. The molecule has 0 bridgehead atoms. The summed E-state index contributed by atoms with van der Waals surface area (Å²) in [5.74, 6) is 0. The number of hydrogen-bond donors (Lipinski definition) is 1. The normalized spacial score (nSPS) is 12.1. The van der Waals surface area contributed by atoms with Gasteiger partial charge in [0, 0.05) is 16.5 Å². The molecule has 0 aliphatic carbocycles. The van der Waals surface area contributed by atoms with Crippen LogP contribution < -0.4 is 5.73 Å². The molecule has 0 heterocycles. The fourth-order valence-electron chi connectivity index (χ4n) is 2.35. The molecule has 0 atom stereocenters. The summed E-state index contributed by atoms with van der Waals surface area (Å²) in [7, 11) is -4.78. The summed E-state index contributed by atoms with van der Waals surface area (Å²) in [6.07, 6.45) is 0. The number of fused-ring (bicyclic) bond motifs is 1. The lowest BCUT2D eigenvalue weighted by Crippen LogP contribution is -1.91. The summed E-state index contributed by atoms with van der Waals surface area (Å²) >= 11 is 0. The van der Waals surface area contributed by atoms with Gasteiger partial charge in [-0.2, -0.15) is 13.5 Å². The Morgan fingerprint density at radius 2 is 1.58 bits per heavy atom. The van der Waals surface area contributed by atoms with E-state index in [1.807, 2.05) is 24.3 Å².